The first-order valence-electron chi connectivity index (χ1n) is 9.54. The van der Waals surface area contributed by atoms with Crippen LogP contribution in [0.3, 0.4) is 0 Å². The summed E-state index contributed by atoms with van der Waals surface area (Å²) in [6.45, 7) is 12.1. The Morgan fingerprint density at radius 2 is 1.86 bits per heavy atom. The number of anilines is 1. The van der Waals surface area contributed by atoms with Gasteiger partial charge in [-0.3, -0.25) is 4.90 Å². The van der Waals surface area contributed by atoms with E-state index in [9.17, 15) is 9.90 Å². The van der Waals surface area contributed by atoms with Crippen LogP contribution < -0.4 is 4.90 Å². The minimum Gasteiger partial charge on any atom is -0.465 e. The van der Waals surface area contributed by atoms with E-state index in [0.717, 1.165) is 10.6 Å². The molecule has 0 spiro atoms. The minimum atomic E-state index is -1.81. The van der Waals surface area contributed by atoms with E-state index in [1.54, 1.807) is 27.8 Å². The van der Waals surface area contributed by atoms with Gasteiger partial charge in [0.1, 0.15) is 5.03 Å². The molecule has 1 amide bonds. The standard InChI is InChI=1S/C21H30N2O3S2Si/c1-21(2,3)29(4,5)26-16-17-9-11-18(12-10-17)23(20(24)25)14-15-27-28-19-8-6-7-13-22-19/h6-13H,14-16H2,1-5H3,(H,24,25). The molecule has 5 nitrogen and oxygen atoms in total. The van der Waals surface area contributed by atoms with Crippen LogP contribution in [0.5, 0.6) is 0 Å². The summed E-state index contributed by atoms with van der Waals surface area (Å²) in [4.78, 5) is 17.3. The van der Waals surface area contributed by atoms with E-state index < -0.39 is 14.4 Å². The van der Waals surface area contributed by atoms with E-state index in [2.05, 4.69) is 38.8 Å². The van der Waals surface area contributed by atoms with Gasteiger partial charge in [-0.15, -0.1) is 0 Å². The second kappa shape index (κ2) is 10.5. The molecule has 0 saturated carbocycles. The van der Waals surface area contributed by atoms with E-state index in [1.165, 1.54) is 4.90 Å². The van der Waals surface area contributed by atoms with E-state index in [4.69, 9.17) is 4.43 Å². The summed E-state index contributed by atoms with van der Waals surface area (Å²) in [5.74, 6) is 0.670. The van der Waals surface area contributed by atoms with Crippen molar-refractivity contribution < 1.29 is 14.3 Å². The number of amides is 1. The van der Waals surface area contributed by atoms with Gasteiger partial charge in [0.25, 0.3) is 0 Å². The second-order valence-corrected chi connectivity index (χ2v) is 15.5. The molecule has 1 heterocycles. The molecule has 0 atom stereocenters. The summed E-state index contributed by atoms with van der Waals surface area (Å²) in [7, 11) is 1.35. The molecule has 0 bridgehead atoms. The summed E-state index contributed by atoms with van der Waals surface area (Å²) in [5, 5.41) is 10.7. The Bertz CT molecular complexity index is 781. The first kappa shape index (κ1) is 23.8. The first-order valence-corrected chi connectivity index (χ1v) is 14.8. The maximum atomic E-state index is 11.7. The topological polar surface area (TPSA) is 62.7 Å². The summed E-state index contributed by atoms with van der Waals surface area (Å²) in [6, 6.07) is 13.4. The van der Waals surface area contributed by atoms with Crippen molar-refractivity contribution in [3.8, 4) is 0 Å². The van der Waals surface area contributed by atoms with Crippen molar-refractivity contribution in [3.63, 3.8) is 0 Å². The molecular weight excluding hydrogens is 420 g/mol. The van der Waals surface area contributed by atoms with Gasteiger partial charge in [-0.1, -0.05) is 49.8 Å². The van der Waals surface area contributed by atoms with Crippen LogP contribution in [0.25, 0.3) is 0 Å². The van der Waals surface area contributed by atoms with Gasteiger partial charge in [0.05, 0.1) is 6.61 Å². The number of hydrogen-bond donors (Lipinski definition) is 1. The summed E-state index contributed by atoms with van der Waals surface area (Å²) < 4.78 is 6.25. The van der Waals surface area contributed by atoms with Crippen molar-refractivity contribution >= 4 is 41.7 Å². The molecule has 29 heavy (non-hydrogen) atoms. The maximum absolute atomic E-state index is 11.7. The molecule has 2 rings (SSSR count). The third-order valence-electron chi connectivity index (χ3n) is 5.07. The van der Waals surface area contributed by atoms with E-state index >= 15 is 0 Å². The fourth-order valence-corrected chi connectivity index (χ4v) is 5.01. The lowest BCUT2D eigenvalue weighted by Gasteiger charge is -2.36. The number of rotatable bonds is 9. The lowest BCUT2D eigenvalue weighted by Crippen LogP contribution is -2.40. The van der Waals surface area contributed by atoms with Crippen LogP contribution in [0.2, 0.25) is 18.1 Å². The molecule has 2 aromatic rings. The maximum Gasteiger partial charge on any atom is 0.411 e. The summed E-state index contributed by atoms with van der Waals surface area (Å²) in [6.07, 6.45) is 0.807. The molecule has 0 saturated heterocycles. The Morgan fingerprint density at radius 1 is 1.17 bits per heavy atom. The van der Waals surface area contributed by atoms with Crippen molar-refractivity contribution in [2.24, 2.45) is 0 Å². The van der Waals surface area contributed by atoms with Crippen molar-refractivity contribution in [1.82, 2.24) is 4.98 Å². The van der Waals surface area contributed by atoms with Crippen LogP contribution in [-0.4, -0.2) is 36.8 Å². The third kappa shape index (κ3) is 7.37. The highest BCUT2D eigenvalue weighted by Crippen LogP contribution is 2.37. The van der Waals surface area contributed by atoms with Crippen LogP contribution in [0, 0.1) is 0 Å². The van der Waals surface area contributed by atoms with Gasteiger partial charge >= 0.3 is 6.09 Å². The number of hydrogen-bond acceptors (Lipinski definition) is 5. The Morgan fingerprint density at radius 3 is 2.41 bits per heavy atom. The van der Waals surface area contributed by atoms with E-state index in [-0.39, 0.29) is 5.04 Å². The Balaban J connectivity index is 1.90. The number of carbonyl (C=O) groups is 1. The largest absolute Gasteiger partial charge is 0.465 e. The minimum absolute atomic E-state index is 0.165. The molecule has 0 aliphatic carbocycles. The Kier molecular flexibility index (Phi) is 8.63. The molecule has 0 fully saturated rings. The molecule has 8 heteroatoms. The molecule has 0 aliphatic rings. The van der Waals surface area contributed by atoms with Crippen LogP contribution in [0.4, 0.5) is 10.5 Å². The Hall–Kier alpha value is -1.48. The van der Waals surface area contributed by atoms with Crippen molar-refractivity contribution in [3.05, 3.63) is 54.2 Å². The predicted octanol–water partition coefficient (Wildman–Crippen LogP) is 6.53. The smallest absolute Gasteiger partial charge is 0.411 e. The van der Waals surface area contributed by atoms with Gasteiger partial charge in [0.15, 0.2) is 8.32 Å². The lowest BCUT2D eigenvalue weighted by atomic mass is 10.2. The second-order valence-electron chi connectivity index (χ2n) is 8.22. The summed E-state index contributed by atoms with van der Waals surface area (Å²) >= 11 is 0. The number of nitrogens with zero attached hydrogens (tertiary/aromatic N) is 2. The van der Waals surface area contributed by atoms with Gasteiger partial charge in [0, 0.05) is 24.2 Å². The monoisotopic (exact) mass is 450 g/mol. The van der Waals surface area contributed by atoms with Gasteiger partial charge in [0.2, 0.25) is 0 Å². The van der Waals surface area contributed by atoms with Crippen LogP contribution in [0.15, 0.2) is 53.7 Å². The molecule has 1 N–H and O–H groups in total. The quantitative estimate of drug-likeness (QED) is 0.266. The number of carboxylic acid groups (broad SMARTS) is 1. The first-order chi connectivity index (χ1) is 13.6. The molecule has 1 aromatic carbocycles. The summed E-state index contributed by atoms with van der Waals surface area (Å²) in [5.41, 5.74) is 1.74. The van der Waals surface area contributed by atoms with Crippen molar-refractivity contribution in [2.45, 2.75) is 50.5 Å². The third-order valence-corrected chi connectivity index (χ3v) is 11.8. The average Bonchev–Trinajstić information content (AvgIpc) is 2.66. The normalized spacial score (nSPS) is 12.0. The highest BCUT2D eigenvalue weighted by atomic mass is 33.1. The van der Waals surface area contributed by atoms with Crippen LogP contribution >= 0.6 is 21.6 Å². The highest BCUT2D eigenvalue weighted by Gasteiger charge is 2.37. The molecule has 158 valence electrons. The molecule has 0 aliphatic heterocycles. The molecular formula is C21H30N2O3S2Si. The fourth-order valence-electron chi connectivity index (χ4n) is 2.21. The van der Waals surface area contributed by atoms with Gasteiger partial charge < -0.3 is 9.53 Å². The van der Waals surface area contributed by atoms with Gasteiger partial charge in [-0.25, -0.2) is 9.78 Å². The fraction of sp³-hybridized carbons (Fsp3) is 0.429. The van der Waals surface area contributed by atoms with Gasteiger partial charge in [-0.05, 0) is 58.8 Å². The van der Waals surface area contributed by atoms with E-state index in [0.29, 0.717) is 24.6 Å². The molecule has 0 unspecified atom stereocenters. The van der Waals surface area contributed by atoms with Crippen LogP contribution in [0.1, 0.15) is 26.3 Å². The van der Waals surface area contributed by atoms with Gasteiger partial charge in [-0.2, -0.15) is 0 Å². The van der Waals surface area contributed by atoms with Crippen molar-refractivity contribution in [1.29, 1.82) is 0 Å². The number of benzene rings is 1. The molecule has 0 radical (unpaired) electrons. The average molecular weight is 451 g/mol. The molecule has 1 aromatic heterocycles. The lowest BCUT2D eigenvalue weighted by molar-refractivity contribution is 0.202. The Labute approximate surface area is 182 Å². The number of pyridine rings is 1. The zero-order chi connectivity index (χ0) is 21.5. The van der Waals surface area contributed by atoms with Crippen molar-refractivity contribution in [2.75, 3.05) is 17.2 Å². The zero-order valence-electron chi connectivity index (χ0n) is 17.7. The zero-order valence-corrected chi connectivity index (χ0v) is 20.3. The van der Waals surface area contributed by atoms with E-state index in [1.807, 2.05) is 42.5 Å². The predicted molar refractivity (Wildman–Crippen MR) is 126 cm³/mol. The SMILES string of the molecule is CC(C)(C)[Si](C)(C)OCc1ccc(N(CCSSc2ccccn2)C(=O)O)cc1. The van der Waals surface area contributed by atoms with Crippen LogP contribution in [-0.2, 0) is 11.0 Å². The highest BCUT2D eigenvalue weighted by molar-refractivity contribution is 8.76. The number of aromatic nitrogens is 1.